The predicted octanol–water partition coefficient (Wildman–Crippen LogP) is 2.97. The molecule has 0 aliphatic rings. The zero-order chi connectivity index (χ0) is 18.8. The van der Waals surface area contributed by atoms with Gasteiger partial charge in [-0.25, -0.2) is 0 Å². The second kappa shape index (κ2) is 10.1. The van der Waals surface area contributed by atoms with Crippen LogP contribution in [0, 0.1) is 0 Å². The summed E-state index contributed by atoms with van der Waals surface area (Å²) in [6, 6.07) is 17.0. The highest BCUT2D eigenvalue weighted by Gasteiger charge is 2.12. The van der Waals surface area contributed by atoms with Gasteiger partial charge in [0.15, 0.2) is 18.1 Å². The molecule has 1 N–H and O–H groups in total. The fourth-order valence-electron chi connectivity index (χ4n) is 2.27. The van der Waals surface area contributed by atoms with Gasteiger partial charge in [0.2, 0.25) is 0 Å². The minimum absolute atomic E-state index is 0.0363. The molecule has 1 amide bonds. The van der Waals surface area contributed by atoms with Gasteiger partial charge in [-0.1, -0.05) is 42.5 Å². The molecule has 0 atom stereocenters. The van der Waals surface area contributed by atoms with Crippen LogP contribution in [0.2, 0.25) is 0 Å². The van der Waals surface area contributed by atoms with Crippen molar-refractivity contribution in [3.63, 3.8) is 0 Å². The first-order valence-corrected chi connectivity index (χ1v) is 8.40. The van der Waals surface area contributed by atoms with Crippen molar-refractivity contribution in [2.45, 2.75) is 19.4 Å². The summed E-state index contributed by atoms with van der Waals surface area (Å²) in [4.78, 5) is 24.1. The SMILES string of the molecule is CN(CCCC(=O)O)C(=O)COc1ccccc1OCc1ccccc1. The van der Waals surface area contributed by atoms with Crippen LogP contribution in [0.4, 0.5) is 0 Å². The van der Waals surface area contributed by atoms with Crippen LogP contribution in [0.5, 0.6) is 11.5 Å². The molecule has 6 nitrogen and oxygen atoms in total. The first-order valence-electron chi connectivity index (χ1n) is 8.40. The number of nitrogens with zero attached hydrogens (tertiary/aromatic N) is 1. The Morgan fingerprint density at radius 1 is 0.962 bits per heavy atom. The van der Waals surface area contributed by atoms with Crippen molar-refractivity contribution >= 4 is 11.9 Å². The van der Waals surface area contributed by atoms with Gasteiger partial charge < -0.3 is 19.5 Å². The summed E-state index contributed by atoms with van der Waals surface area (Å²) in [6.07, 6.45) is 0.447. The summed E-state index contributed by atoms with van der Waals surface area (Å²) >= 11 is 0. The molecule has 26 heavy (non-hydrogen) atoms. The lowest BCUT2D eigenvalue weighted by atomic mass is 10.2. The van der Waals surface area contributed by atoms with Crippen LogP contribution in [0.25, 0.3) is 0 Å². The van der Waals surface area contributed by atoms with Gasteiger partial charge in [0.05, 0.1) is 0 Å². The fraction of sp³-hybridized carbons (Fsp3) is 0.300. The summed E-state index contributed by atoms with van der Waals surface area (Å²) in [7, 11) is 1.63. The van der Waals surface area contributed by atoms with Crippen LogP contribution in [0.15, 0.2) is 54.6 Å². The van der Waals surface area contributed by atoms with E-state index in [1.807, 2.05) is 42.5 Å². The fourth-order valence-corrected chi connectivity index (χ4v) is 2.27. The lowest BCUT2D eigenvalue weighted by molar-refractivity contribution is -0.138. The molecule has 0 heterocycles. The molecule has 0 saturated heterocycles. The number of hydrogen-bond acceptors (Lipinski definition) is 4. The van der Waals surface area contributed by atoms with E-state index in [-0.39, 0.29) is 18.9 Å². The molecule has 0 fully saturated rings. The maximum absolute atomic E-state index is 12.1. The van der Waals surface area contributed by atoms with Crippen LogP contribution in [0.3, 0.4) is 0 Å². The third-order valence-electron chi connectivity index (χ3n) is 3.75. The van der Waals surface area contributed by atoms with E-state index in [2.05, 4.69) is 0 Å². The van der Waals surface area contributed by atoms with Gasteiger partial charge >= 0.3 is 5.97 Å². The highest BCUT2D eigenvalue weighted by atomic mass is 16.5. The molecule has 0 spiro atoms. The van der Waals surface area contributed by atoms with Crippen molar-refractivity contribution in [2.75, 3.05) is 20.2 Å². The normalized spacial score (nSPS) is 10.2. The number of amides is 1. The van der Waals surface area contributed by atoms with E-state index in [9.17, 15) is 9.59 Å². The smallest absolute Gasteiger partial charge is 0.303 e. The van der Waals surface area contributed by atoms with Gasteiger partial charge in [-0.05, 0) is 24.1 Å². The average molecular weight is 357 g/mol. The second-order valence-corrected chi connectivity index (χ2v) is 5.82. The third-order valence-corrected chi connectivity index (χ3v) is 3.75. The Balaban J connectivity index is 1.85. The van der Waals surface area contributed by atoms with E-state index >= 15 is 0 Å². The molecule has 138 valence electrons. The van der Waals surface area contributed by atoms with Gasteiger partial charge in [-0.3, -0.25) is 9.59 Å². The van der Waals surface area contributed by atoms with Gasteiger partial charge in [0, 0.05) is 20.0 Å². The number of likely N-dealkylation sites (N-methyl/N-ethyl adjacent to an activating group) is 1. The summed E-state index contributed by atoms with van der Waals surface area (Å²) in [6.45, 7) is 0.653. The monoisotopic (exact) mass is 357 g/mol. The predicted molar refractivity (Wildman–Crippen MR) is 97.2 cm³/mol. The van der Waals surface area contributed by atoms with Gasteiger partial charge in [-0.2, -0.15) is 0 Å². The Bertz CT molecular complexity index is 717. The van der Waals surface area contributed by atoms with Crippen LogP contribution in [-0.4, -0.2) is 42.1 Å². The van der Waals surface area contributed by atoms with Crippen LogP contribution in [0.1, 0.15) is 18.4 Å². The van der Waals surface area contributed by atoms with Crippen molar-refractivity contribution in [2.24, 2.45) is 0 Å². The van der Waals surface area contributed by atoms with Gasteiger partial charge in [0.25, 0.3) is 5.91 Å². The lowest BCUT2D eigenvalue weighted by Crippen LogP contribution is -2.32. The van der Waals surface area contributed by atoms with E-state index in [4.69, 9.17) is 14.6 Å². The number of benzene rings is 2. The van der Waals surface area contributed by atoms with E-state index in [0.29, 0.717) is 31.1 Å². The largest absolute Gasteiger partial charge is 0.485 e. The van der Waals surface area contributed by atoms with Crippen molar-refractivity contribution in [3.05, 3.63) is 60.2 Å². The highest BCUT2D eigenvalue weighted by molar-refractivity contribution is 5.77. The number of hydrogen-bond donors (Lipinski definition) is 1. The molecule has 2 aromatic carbocycles. The van der Waals surface area contributed by atoms with Gasteiger partial charge in [-0.15, -0.1) is 0 Å². The summed E-state index contributed by atoms with van der Waals surface area (Å²) in [5.74, 6) is -0.0201. The minimum atomic E-state index is -0.869. The van der Waals surface area contributed by atoms with Crippen LogP contribution >= 0.6 is 0 Å². The molecule has 0 unspecified atom stereocenters. The van der Waals surface area contributed by atoms with E-state index in [1.165, 1.54) is 4.90 Å². The minimum Gasteiger partial charge on any atom is -0.485 e. The second-order valence-electron chi connectivity index (χ2n) is 5.82. The van der Waals surface area contributed by atoms with Gasteiger partial charge in [0.1, 0.15) is 6.61 Å². The summed E-state index contributed by atoms with van der Waals surface area (Å²) in [5.41, 5.74) is 1.04. The van der Waals surface area contributed by atoms with E-state index in [1.54, 1.807) is 19.2 Å². The number of rotatable bonds is 10. The zero-order valence-electron chi connectivity index (χ0n) is 14.8. The first-order chi connectivity index (χ1) is 12.6. The third kappa shape index (κ3) is 6.47. The maximum Gasteiger partial charge on any atom is 0.303 e. The van der Waals surface area contributed by atoms with Crippen LogP contribution in [-0.2, 0) is 16.2 Å². The Kier molecular flexibility index (Phi) is 7.49. The van der Waals surface area contributed by atoms with Crippen molar-refractivity contribution < 1.29 is 24.2 Å². The molecule has 0 aliphatic heterocycles. The van der Waals surface area contributed by atoms with Crippen molar-refractivity contribution in [1.82, 2.24) is 4.90 Å². The van der Waals surface area contributed by atoms with E-state index in [0.717, 1.165) is 5.56 Å². The summed E-state index contributed by atoms with van der Waals surface area (Å²) in [5, 5.41) is 8.64. The Hall–Kier alpha value is -3.02. The molecule has 0 saturated carbocycles. The molecule has 2 aromatic rings. The topological polar surface area (TPSA) is 76.1 Å². The number of para-hydroxylation sites is 2. The molecular weight excluding hydrogens is 334 g/mol. The number of aliphatic carboxylic acids is 1. The number of ether oxygens (including phenoxy) is 2. The lowest BCUT2D eigenvalue weighted by Gasteiger charge is -2.18. The first kappa shape index (κ1) is 19.3. The Morgan fingerprint density at radius 3 is 2.23 bits per heavy atom. The standard InChI is InChI=1S/C20H23NO5/c1-21(13-7-12-20(23)24)19(22)15-26-18-11-6-5-10-17(18)25-14-16-8-3-2-4-9-16/h2-6,8-11H,7,12-15H2,1H3,(H,23,24). The average Bonchev–Trinajstić information content (AvgIpc) is 2.65. The van der Waals surface area contributed by atoms with Crippen LogP contribution < -0.4 is 9.47 Å². The molecular formula is C20H23NO5. The highest BCUT2D eigenvalue weighted by Crippen LogP contribution is 2.27. The van der Waals surface area contributed by atoms with E-state index < -0.39 is 5.97 Å². The number of carbonyl (C=O) groups excluding carboxylic acids is 1. The Labute approximate surface area is 153 Å². The molecule has 0 radical (unpaired) electrons. The Morgan fingerprint density at radius 2 is 1.58 bits per heavy atom. The zero-order valence-corrected chi connectivity index (χ0v) is 14.8. The summed E-state index contributed by atoms with van der Waals surface area (Å²) < 4.78 is 11.4. The van der Waals surface area contributed by atoms with Crippen molar-refractivity contribution in [1.29, 1.82) is 0 Å². The molecule has 0 aromatic heterocycles. The molecule has 2 rings (SSSR count). The quantitative estimate of drug-likeness (QED) is 0.707. The van der Waals surface area contributed by atoms with Crippen molar-refractivity contribution in [3.8, 4) is 11.5 Å². The maximum atomic E-state index is 12.1. The molecule has 0 aliphatic carbocycles. The number of carboxylic acid groups (broad SMARTS) is 1. The molecule has 0 bridgehead atoms. The number of carboxylic acids is 1. The number of carbonyl (C=O) groups is 2. The molecule has 6 heteroatoms.